The van der Waals surface area contributed by atoms with Crippen molar-refractivity contribution in [2.24, 2.45) is 5.92 Å². The molecule has 0 radical (unpaired) electrons. The highest BCUT2D eigenvalue weighted by molar-refractivity contribution is 5.60. The van der Waals surface area contributed by atoms with Crippen molar-refractivity contribution in [3.8, 4) is 0 Å². The molecule has 1 aromatic rings. The van der Waals surface area contributed by atoms with Gasteiger partial charge in [0.05, 0.1) is 4.92 Å². The first-order chi connectivity index (χ1) is 8.38. The number of hydrogen-bond donors (Lipinski definition) is 1. The van der Waals surface area contributed by atoms with Crippen molar-refractivity contribution in [2.45, 2.75) is 53.6 Å². The molecule has 0 fully saturated rings. The van der Waals surface area contributed by atoms with E-state index in [1.807, 2.05) is 13.8 Å². The molecule has 0 bridgehead atoms. The van der Waals surface area contributed by atoms with E-state index in [-0.39, 0.29) is 16.7 Å². The fourth-order valence-corrected chi connectivity index (χ4v) is 1.69. The molecule has 1 N–H and O–H groups in total. The molecule has 1 heterocycles. The second-order valence-electron chi connectivity index (χ2n) is 4.94. The van der Waals surface area contributed by atoms with Gasteiger partial charge in [0, 0.05) is 12.6 Å². The van der Waals surface area contributed by atoms with Crippen LogP contribution >= 0.6 is 0 Å². The van der Waals surface area contributed by atoms with Crippen molar-refractivity contribution in [1.29, 1.82) is 0 Å². The third kappa shape index (κ3) is 3.00. The Morgan fingerprint density at radius 1 is 1.44 bits per heavy atom. The van der Waals surface area contributed by atoms with Crippen molar-refractivity contribution in [3.63, 3.8) is 0 Å². The van der Waals surface area contributed by atoms with E-state index in [4.69, 9.17) is 0 Å². The molecule has 0 aliphatic carbocycles. The molecule has 0 amide bonds. The molecule has 6 nitrogen and oxygen atoms in total. The lowest BCUT2D eigenvalue weighted by Gasteiger charge is -2.18. The molecule has 0 aromatic carbocycles. The predicted octanol–water partition coefficient (Wildman–Crippen LogP) is 2.97. The minimum atomic E-state index is -0.357. The number of nitro groups is 1. The Labute approximate surface area is 108 Å². The molecule has 0 aliphatic heterocycles. The highest BCUT2D eigenvalue weighted by atomic mass is 16.6. The third-order valence-corrected chi connectivity index (χ3v) is 3.08. The minimum Gasteiger partial charge on any atom is -0.362 e. The largest absolute Gasteiger partial charge is 0.362 e. The predicted molar refractivity (Wildman–Crippen MR) is 71.8 cm³/mol. The molecule has 6 heteroatoms. The van der Waals surface area contributed by atoms with Gasteiger partial charge < -0.3 is 5.32 Å². The molecule has 0 spiro atoms. The fraction of sp³-hybridized carbons (Fsp3) is 0.750. The third-order valence-electron chi connectivity index (χ3n) is 3.08. The van der Waals surface area contributed by atoms with Gasteiger partial charge in [0.25, 0.3) is 0 Å². The summed E-state index contributed by atoms with van der Waals surface area (Å²) in [6.07, 6.45) is 0.892. The van der Waals surface area contributed by atoms with Crippen molar-refractivity contribution in [2.75, 3.05) is 5.32 Å². The number of hydrogen-bond acceptors (Lipinski definition) is 4. The Balaban J connectivity index is 3.15. The van der Waals surface area contributed by atoms with E-state index >= 15 is 0 Å². The average molecular weight is 254 g/mol. The van der Waals surface area contributed by atoms with Crippen LogP contribution in [0.1, 0.15) is 39.8 Å². The van der Waals surface area contributed by atoms with Gasteiger partial charge in [0.15, 0.2) is 0 Å². The lowest BCUT2D eigenvalue weighted by molar-refractivity contribution is -0.384. The van der Waals surface area contributed by atoms with Gasteiger partial charge >= 0.3 is 5.69 Å². The molecule has 1 rings (SSSR count). The molecular weight excluding hydrogens is 232 g/mol. The van der Waals surface area contributed by atoms with Crippen LogP contribution in [0, 0.1) is 23.0 Å². The topological polar surface area (TPSA) is 73.0 Å². The fourth-order valence-electron chi connectivity index (χ4n) is 1.69. The standard InChI is InChI=1S/C12H22N4O2/c1-6-7-15-12(13-9(4)8(2)3)11(16(17)18)10(5)14-15/h8-9,13H,6-7H2,1-5H3. The number of nitrogens with one attached hydrogen (secondary N) is 1. The molecule has 18 heavy (non-hydrogen) atoms. The molecule has 1 unspecified atom stereocenters. The maximum absolute atomic E-state index is 11.1. The van der Waals surface area contributed by atoms with E-state index in [1.165, 1.54) is 0 Å². The Morgan fingerprint density at radius 2 is 2.06 bits per heavy atom. The maximum atomic E-state index is 11.1. The monoisotopic (exact) mass is 254 g/mol. The molecule has 0 aliphatic rings. The Kier molecular flexibility index (Phi) is 4.69. The summed E-state index contributed by atoms with van der Waals surface area (Å²) in [6, 6.07) is 0.162. The molecular formula is C12H22N4O2. The van der Waals surface area contributed by atoms with Crippen LogP contribution in [0.4, 0.5) is 11.5 Å². The van der Waals surface area contributed by atoms with E-state index < -0.39 is 0 Å². The summed E-state index contributed by atoms with van der Waals surface area (Å²) < 4.78 is 1.70. The lowest BCUT2D eigenvalue weighted by Crippen LogP contribution is -2.24. The van der Waals surface area contributed by atoms with E-state index in [0.717, 1.165) is 6.42 Å². The number of rotatable bonds is 6. The summed E-state index contributed by atoms with van der Waals surface area (Å²) in [5, 5.41) is 18.6. The first-order valence-electron chi connectivity index (χ1n) is 6.36. The van der Waals surface area contributed by atoms with Crippen molar-refractivity contribution in [1.82, 2.24) is 9.78 Å². The Hall–Kier alpha value is -1.59. The van der Waals surface area contributed by atoms with E-state index in [0.29, 0.717) is 24.0 Å². The summed E-state index contributed by atoms with van der Waals surface area (Å²) in [5.74, 6) is 0.926. The van der Waals surface area contributed by atoms with Crippen molar-refractivity contribution < 1.29 is 4.92 Å². The Morgan fingerprint density at radius 3 is 2.50 bits per heavy atom. The van der Waals surface area contributed by atoms with Gasteiger partial charge in [-0.25, -0.2) is 4.68 Å². The SMILES string of the molecule is CCCn1nc(C)c([N+](=O)[O-])c1NC(C)C(C)C. The van der Waals surface area contributed by atoms with Gasteiger partial charge in [0.1, 0.15) is 5.69 Å². The van der Waals surface area contributed by atoms with Crippen LogP contribution in [0.2, 0.25) is 0 Å². The van der Waals surface area contributed by atoms with Crippen LogP contribution in [0.3, 0.4) is 0 Å². The second-order valence-corrected chi connectivity index (χ2v) is 4.94. The number of aryl methyl sites for hydroxylation is 2. The van der Waals surface area contributed by atoms with Crippen LogP contribution in [0.5, 0.6) is 0 Å². The lowest BCUT2D eigenvalue weighted by atomic mass is 10.1. The first kappa shape index (κ1) is 14.5. The van der Waals surface area contributed by atoms with E-state index in [9.17, 15) is 10.1 Å². The summed E-state index contributed by atoms with van der Waals surface area (Å²) in [6.45, 7) is 10.6. The Bertz CT molecular complexity index is 426. The zero-order valence-corrected chi connectivity index (χ0v) is 11.7. The summed E-state index contributed by atoms with van der Waals surface area (Å²) >= 11 is 0. The van der Waals surface area contributed by atoms with Gasteiger partial charge in [-0.2, -0.15) is 5.10 Å². The van der Waals surface area contributed by atoms with Gasteiger partial charge in [-0.3, -0.25) is 10.1 Å². The van der Waals surface area contributed by atoms with Gasteiger partial charge in [-0.15, -0.1) is 0 Å². The summed E-state index contributed by atoms with van der Waals surface area (Å²) in [4.78, 5) is 10.8. The van der Waals surface area contributed by atoms with E-state index in [2.05, 4.69) is 24.3 Å². The van der Waals surface area contributed by atoms with Crippen LogP contribution in [-0.2, 0) is 6.54 Å². The molecule has 0 saturated carbocycles. The molecule has 1 aromatic heterocycles. The first-order valence-corrected chi connectivity index (χ1v) is 6.36. The van der Waals surface area contributed by atoms with Crippen LogP contribution in [0.15, 0.2) is 0 Å². The van der Waals surface area contributed by atoms with Gasteiger partial charge in [-0.1, -0.05) is 20.8 Å². The van der Waals surface area contributed by atoms with Crippen LogP contribution < -0.4 is 5.32 Å². The van der Waals surface area contributed by atoms with Crippen LogP contribution in [0.25, 0.3) is 0 Å². The quantitative estimate of drug-likeness (QED) is 0.625. The van der Waals surface area contributed by atoms with Crippen molar-refractivity contribution >= 4 is 11.5 Å². The highest BCUT2D eigenvalue weighted by Gasteiger charge is 2.26. The number of anilines is 1. The number of nitrogens with zero attached hydrogens (tertiary/aromatic N) is 3. The number of aromatic nitrogens is 2. The molecule has 102 valence electrons. The average Bonchev–Trinajstić information content (AvgIpc) is 2.55. The van der Waals surface area contributed by atoms with Crippen molar-refractivity contribution in [3.05, 3.63) is 15.8 Å². The normalized spacial score (nSPS) is 12.8. The van der Waals surface area contributed by atoms with E-state index in [1.54, 1.807) is 11.6 Å². The highest BCUT2D eigenvalue weighted by Crippen LogP contribution is 2.29. The zero-order valence-electron chi connectivity index (χ0n) is 11.7. The summed E-state index contributed by atoms with van der Waals surface area (Å²) in [7, 11) is 0. The van der Waals surface area contributed by atoms with Crippen LogP contribution in [-0.4, -0.2) is 20.7 Å². The maximum Gasteiger partial charge on any atom is 0.333 e. The molecule has 0 saturated heterocycles. The zero-order chi connectivity index (χ0) is 13.9. The second kappa shape index (κ2) is 5.84. The summed E-state index contributed by atoms with van der Waals surface area (Å²) in [5.41, 5.74) is 0.558. The van der Waals surface area contributed by atoms with Gasteiger partial charge in [-0.05, 0) is 26.2 Å². The van der Waals surface area contributed by atoms with Gasteiger partial charge in [0.2, 0.25) is 5.82 Å². The minimum absolute atomic E-state index is 0.0935. The smallest absolute Gasteiger partial charge is 0.333 e. The molecule has 1 atom stereocenters.